The lowest BCUT2D eigenvalue weighted by molar-refractivity contribution is -0.00533. The van der Waals surface area contributed by atoms with E-state index < -0.39 is 17.5 Å². The highest BCUT2D eigenvalue weighted by atomic mass is 32.2. The van der Waals surface area contributed by atoms with Crippen molar-refractivity contribution in [3.63, 3.8) is 0 Å². The summed E-state index contributed by atoms with van der Waals surface area (Å²) < 4.78 is 15.4. The van der Waals surface area contributed by atoms with Gasteiger partial charge < -0.3 is 14.6 Å². The number of carboxylic acid groups (broad SMARTS) is 1. The molecular weight excluding hydrogens is 312 g/mol. The van der Waals surface area contributed by atoms with E-state index in [1.807, 2.05) is 27.7 Å². The lowest BCUT2D eigenvalue weighted by Gasteiger charge is -2.50. The number of nitrogens with zero attached hydrogens (tertiary/aromatic N) is 1. The zero-order chi connectivity index (χ0) is 18.2. The van der Waals surface area contributed by atoms with Gasteiger partial charge in [-0.15, -0.1) is 4.72 Å². The van der Waals surface area contributed by atoms with Gasteiger partial charge in [0, 0.05) is 23.9 Å². The van der Waals surface area contributed by atoms with Gasteiger partial charge in [0.05, 0.1) is 6.04 Å². The molecule has 1 aliphatic rings. The van der Waals surface area contributed by atoms with Crippen molar-refractivity contribution >= 4 is 17.5 Å². The zero-order valence-corrected chi connectivity index (χ0v) is 16.7. The Kier molecular flexibility index (Phi) is 6.44. The highest BCUT2D eigenvalue weighted by Gasteiger charge is 2.46. The summed E-state index contributed by atoms with van der Waals surface area (Å²) in [5.74, 6) is 0.513. The molecule has 5 nitrogen and oxygen atoms in total. The van der Waals surface area contributed by atoms with Crippen molar-refractivity contribution < 1.29 is 14.5 Å². The molecule has 0 unspecified atom stereocenters. The lowest BCUT2D eigenvalue weighted by Crippen LogP contribution is -2.58. The largest absolute Gasteiger partial charge is 0.598 e. The van der Waals surface area contributed by atoms with Crippen molar-refractivity contribution in [1.29, 1.82) is 0 Å². The Bertz CT molecular complexity index is 417. The van der Waals surface area contributed by atoms with Gasteiger partial charge >= 0.3 is 6.09 Å². The molecule has 2 N–H and O–H groups in total. The summed E-state index contributed by atoms with van der Waals surface area (Å²) in [7, 11) is 0. The van der Waals surface area contributed by atoms with Gasteiger partial charge in [0.25, 0.3) is 0 Å². The Morgan fingerprint density at radius 2 is 1.83 bits per heavy atom. The third-order valence-corrected chi connectivity index (χ3v) is 6.61. The third kappa shape index (κ3) is 5.00. The summed E-state index contributed by atoms with van der Waals surface area (Å²) in [6.07, 6.45) is -0.0438. The fourth-order valence-electron chi connectivity index (χ4n) is 3.85. The summed E-state index contributed by atoms with van der Waals surface area (Å²) in [6, 6.07) is 0.0382. The zero-order valence-electron chi connectivity index (χ0n) is 15.8. The molecule has 1 rings (SSSR count). The highest BCUT2D eigenvalue weighted by molar-refractivity contribution is 7.90. The summed E-state index contributed by atoms with van der Waals surface area (Å²) in [5.41, 5.74) is -0.0165. The van der Waals surface area contributed by atoms with Crippen molar-refractivity contribution in [1.82, 2.24) is 9.62 Å². The van der Waals surface area contributed by atoms with Gasteiger partial charge in [-0.05, 0) is 58.3 Å². The van der Waals surface area contributed by atoms with Crippen LogP contribution >= 0.6 is 0 Å². The number of hydrogen-bond acceptors (Lipinski definition) is 3. The maximum atomic E-state index is 12.4. The van der Waals surface area contributed by atoms with Crippen molar-refractivity contribution in [2.75, 3.05) is 6.54 Å². The maximum Gasteiger partial charge on any atom is 0.407 e. The maximum absolute atomic E-state index is 12.4. The van der Waals surface area contributed by atoms with E-state index >= 15 is 0 Å². The first-order valence-corrected chi connectivity index (χ1v) is 9.59. The summed E-state index contributed by atoms with van der Waals surface area (Å²) in [6.45, 7) is 17.0. The molecule has 6 heteroatoms. The van der Waals surface area contributed by atoms with Crippen molar-refractivity contribution in [2.45, 2.75) is 78.6 Å². The number of amides is 1. The van der Waals surface area contributed by atoms with Crippen LogP contribution in [-0.2, 0) is 11.4 Å². The SMILES string of the molecule is C[C@H](N[S@+]([O-])C(C)(C)C)[C@@H]1CCN(C(=O)O)[C@H](C)[C@H]1C(C)(C)C. The minimum Gasteiger partial charge on any atom is -0.598 e. The molecular formula is C17H34N2O3S. The van der Waals surface area contributed by atoms with Crippen molar-refractivity contribution in [2.24, 2.45) is 17.3 Å². The van der Waals surface area contributed by atoms with E-state index in [0.717, 1.165) is 6.42 Å². The molecule has 0 bridgehead atoms. The number of nitrogens with one attached hydrogen (secondary N) is 1. The van der Waals surface area contributed by atoms with E-state index in [1.165, 1.54) is 0 Å². The number of carbonyl (C=O) groups is 1. The minimum absolute atomic E-state index is 0.0165. The fourth-order valence-corrected chi connectivity index (χ4v) is 4.72. The first-order chi connectivity index (χ1) is 10.3. The van der Waals surface area contributed by atoms with Gasteiger partial charge in [0.2, 0.25) is 0 Å². The molecule has 0 aromatic heterocycles. The van der Waals surface area contributed by atoms with Crippen LogP contribution in [0.3, 0.4) is 0 Å². The Labute approximate surface area is 144 Å². The topological polar surface area (TPSA) is 75.6 Å². The molecule has 0 aromatic carbocycles. The van der Waals surface area contributed by atoms with Gasteiger partial charge in [-0.3, -0.25) is 0 Å². The molecule has 0 spiro atoms. The second-order valence-corrected chi connectivity index (χ2v) is 10.8. The predicted molar refractivity (Wildman–Crippen MR) is 95.7 cm³/mol. The summed E-state index contributed by atoms with van der Waals surface area (Å²) in [4.78, 5) is 13.0. The first-order valence-electron chi connectivity index (χ1n) is 8.44. The molecule has 1 amide bonds. The standard InChI is InChI=1S/C17H34N2O3S/c1-11(18-23(22)17(6,7)8)13-9-10-19(15(20)21)12(2)14(13)16(3,4)5/h11-14,18H,9-10H2,1-8H3,(H,20,21)/t11-,12+,13-,14+,23+/m0/s1. The molecule has 1 aliphatic heterocycles. The fraction of sp³-hybridized carbons (Fsp3) is 0.941. The van der Waals surface area contributed by atoms with Gasteiger partial charge in [-0.2, -0.15) is 0 Å². The number of piperidine rings is 1. The summed E-state index contributed by atoms with van der Waals surface area (Å²) >= 11 is -1.12. The molecule has 0 saturated carbocycles. The van der Waals surface area contributed by atoms with Crippen molar-refractivity contribution in [3.8, 4) is 0 Å². The van der Waals surface area contributed by atoms with Crippen LogP contribution < -0.4 is 4.72 Å². The van der Waals surface area contributed by atoms with E-state index in [1.54, 1.807) is 4.90 Å². The summed E-state index contributed by atoms with van der Waals surface area (Å²) in [5, 5.41) is 9.43. The molecule has 136 valence electrons. The van der Waals surface area contributed by atoms with Crippen LogP contribution in [0.5, 0.6) is 0 Å². The van der Waals surface area contributed by atoms with Crippen LogP contribution in [0.2, 0.25) is 0 Å². The smallest absolute Gasteiger partial charge is 0.407 e. The molecule has 0 radical (unpaired) electrons. The quantitative estimate of drug-likeness (QED) is 0.767. The molecule has 1 fully saturated rings. The van der Waals surface area contributed by atoms with E-state index in [9.17, 15) is 14.5 Å². The second kappa shape index (κ2) is 7.19. The Morgan fingerprint density at radius 3 is 2.22 bits per heavy atom. The average molecular weight is 347 g/mol. The van der Waals surface area contributed by atoms with E-state index in [2.05, 4.69) is 32.4 Å². The molecule has 5 atom stereocenters. The van der Waals surface area contributed by atoms with E-state index in [-0.39, 0.29) is 28.2 Å². The lowest BCUT2D eigenvalue weighted by atomic mass is 9.64. The van der Waals surface area contributed by atoms with Crippen LogP contribution in [0, 0.1) is 17.3 Å². The van der Waals surface area contributed by atoms with E-state index in [4.69, 9.17) is 0 Å². The Balaban J connectivity index is 2.98. The highest BCUT2D eigenvalue weighted by Crippen LogP contribution is 2.43. The second-order valence-electron chi connectivity index (χ2n) is 8.85. The van der Waals surface area contributed by atoms with E-state index in [0.29, 0.717) is 12.5 Å². The Morgan fingerprint density at radius 1 is 1.30 bits per heavy atom. The molecule has 0 aromatic rings. The van der Waals surface area contributed by atoms with Gasteiger partial charge in [0.15, 0.2) is 0 Å². The van der Waals surface area contributed by atoms with Crippen LogP contribution in [0.25, 0.3) is 0 Å². The number of hydrogen-bond donors (Lipinski definition) is 2. The van der Waals surface area contributed by atoms with Gasteiger partial charge in [-0.1, -0.05) is 20.8 Å². The average Bonchev–Trinajstić information content (AvgIpc) is 2.34. The van der Waals surface area contributed by atoms with Crippen LogP contribution in [0.4, 0.5) is 4.79 Å². The molecule has 1 saturated heterocycles. The molecule has 23 heavy (non-hydrogen) atoms. The van der Waals surface area contributed by atoms with Gasteiger partial charge in [0.1, 0.15) is 4.75 Å². The number of likely N-dealkylation sites (tertiary alicyclic amines) is 1. The predicted octanol–water partition coefficient (Wildman–Crippen LogP) is 3.48. The normalized spacial score (nSPS) is 29.3. The number of rotatable bonds is 3. The molecule has 0 aliphatic carbocycles. The van der Waals surface area contributed by atoms with Crippen LogP contribution in [0.1, 0.15) is 61.8 Å². The van der Waals surface area contributed by atoms with Crippen LogP contribution in [0.15, 0.2) is 0 Å². The van der Waals surface area contributed by atoms with Crippen molar-refractivity contribution in [3.05, 3.63) is 0 Å². The monoisotopic (exact) mass is 346 g/mol. The third-order valence-electron chi connectivity index (χ3n) is 4.91. The minimum atomic E-state index is -1.12. The molecule has 1 heterocycles. The van der Waals surface area contributed by atoms with Gasteiger partial charge in [-0.25, -0.2) is 4.79 Å². The Hall–Kier alpha value is -0.460. The van der Waals surface area contributed by atoms with Crippen LogP contribution in [-0.4, -0.2) is 44.0 Å². The first kappa shape index (κ1) is 20.6.